The van der Waals surface area contributed by atoms with E-state index >= 15 is 0 Å². The Hall–Kier alpha value is -1.19. The van der Waals surface area contributed by atoms with E-state index in [-0.39, 0.29) is 34.1 Å². The quantitative estimate of drug-likeness (QED) is 0.601. The van der Waals surface area contributed by atoms with Crippen LogP contribution in [0.5, 0.6) is 0 Å². The summed E-state index contributed by atoms with van der Waals surface area (Å²) in [5, 5.41) is 12.4. The van der Waals surface area contributed by atoms with Gasteiger partial charge in [0.05, 0.1) is 12.0 Å². The highest BCUT2D eigenvalue weighted by molar-refractivity contribution is 5.88. The molecule has 0 aromatic heterocycles. The van der Waals surface area contributed by atoms with E-state index in [1.807, 2.05) is 0 Å². The molecule has 10 atom stereocenters. The Balaban J connectivity index is 1.22. The van der Waals surface area contributed by atoms with Crippen molar-refractivity contribution in [3.05, 3.63) is 35.9 Å². The van der Waals surface area contributed by atoms with Gasteiger partial charge in [-0.25, -0.2) is 0 Å². The fraction of sp³-hybridized carbons (Fsp3) is 0.774. The number of Topliss-reactive ketones (excluding diaryl/α,β-unsaturated/α-hetero) is 1. The van der Waals surface area contributed by atoms with Gasteiger partial charge in [0.2, 0.25) is 0 Å². The van der Waals surface area contributed by atoms with Crippen LogP contribution < -0.4 is 0 Å². The molecule has 0 heterocycles. The average Bonchev–Trinajstić information content (AvgIpc) is 3.54. The Morgan fingerprint density at radius 2 is 1.82 bits per heavy atom. The Morgan fingerprint density at radius 1 is 1.03 bits per heavy atom. The number of carbonyl (C=O) groups excluding carboxylic acids is 1. The number of fused-ring (bicyclic) bond motifs is 2. The van der Waals surface area contributed by atoms with Gasteiger partial charge in [-0.15, -0.1) is 0 Å². The lowest BCUT2D eigenvalue weighted by Crippen LogP contribution is -2.58. The minimum absolute atomic E-state index is 0.0379. The summed E-state index contributed by atoms with van der Waals surface area (Å²) in [7, 11) is 1.70. The van der Waals surface area contributed by atoms with Crippen molar-refractivity contribution in [3.8, 4) is 0 Å². The summed E-state index contributed by atoms with van der Waals surface area (Å²) in [6.07, 6.45) is 13.0. The van der Waals surface area contributed by atoms with Gasteiger partial charge in [0.1, 0.15) is 11.4 Å². The zero-order valence-electron chi connectivity index (χ0n) is 21.3. The molecular weight excluding hydrogens is 420 g/mol. The molecule has 0 amide bonds. The topological polar surface area (TPSA) is 46.5 Å². The molecule has 184 valence electrons. The summed E-state index contributed by atoms with van der Waals surface area (Å²) in [6, 6.07) is 11.1. The van der Waals surface area contributed by atoms with Gasteiger partial charge in [-0.2, -0.15) is 0 Å². The lowest BCUT2D eigenvalue weighted by Gasteiger charge is -2.57. The van der Waals surface area contributed by atoms with Crippen LogP contribution >= 0.6 is 0 Å². The predicted molar refractivity (Wildman–Crippen MR) is 132 cm³/mol. The maximum Gasteiger partial charge on any atom is 0.141 e. The van der Waals surface area contributed by atoms with E-state index in [0.717, 1.165) is 12.3 Å². The number of carbonyl (C=O) groups is 1. The van der Waals surface area contributed by atoms with Crippen LogP contribution in [-0.2, 0) is 16.0 Å². The molecule has 1 aromatic carbocycles. The molecule has 3 nitrogen and oxygen atoms in total. The van der Waals surface area contributed by atoms with Gasteiger partial charge >= 0.3 is 0 Å². The molecule has 0 saturated heterocycles. The van der Waals surface area contributed by atoms with E-state index in [2.05, 4.69) is 44.2 Å². The molecule has 7 rings (SSSR count). The largest absolute Gasteiger partial charge is 0.386 e. The van der Waals surface area contributed by atoms with E-state index in [1.165, 1.54) is 63.4 Å². The van der Waals surface area contributed by atoms with Gasteiger partial charge in [0.25, 0.3) is 0 Å². The zero-order valence-corrected chi connectivity index (χ0v) is 21.3. The first-order valence-corrected chi connectivity index (χ1v) is 14.0. The first kappa shape index (κ1) is 22.0. The lowest BCUT2D eigenvalue weighted by molar-refractivity contribution is -0.186. The number of methoxy groups -OCH3 is 1. The average molecular weight is 463 g/mol. The molecule has 1 aromatic rings. The second-order valence-electron chi connectivity index (χ2n) is 14.0. The summed E-state index contributed by atoms with van der Waals surface area (Å²) in [4.78, 5) is 13.4. The van der Waals surface area contributed by atoms with Crippen molar-refractivity contribution in [2.75, 3.05) is 7.11 Å². The number of ketones is 1. The summed E-state index contributed by atoms with van der Waals surface area (Å²) in [5.41, 5.74) is 1.08. The van der Waals surface area contributed by atoms with Crippen LogP contribution in [0.1, 0.15) is 83.6 Å². The second-order valence-corrected chi connectivity index (χ2v) is 14.0. The minimum atomic E-state index is -0.979. The normalized spacial score (nSPS) is 55.1. The monoisotopic (exact) mass is 462 g/mol. The molecule has 0 radical (unpaired) electrons. The van der Waals surface area contributed by atoms with E-state index < -0.39 is 5.60 Å². The molecule has 6 aliphatic rings. The van der Waals surface area contributed by atoms with Crippen LogP contribution in [0.4, 0.5) is 0 Å². The molecule has 10 unspecified atom stereocenters. The highest BCUT2D eigenvalue weighted by Crippen LogP contribution is 2.87. The second kappa shape index (κ2) is 6.76. The summed E-state index contributed by atoms with van der Waals surface area (Å²) >= 11 is 0. The van der Waals surface area contributed by atoms with Gasteiger partial charge < -0.3 is 9.84 Å². The maximum absolute atomic E-state index is 13.4. The summed E-state index contributed by atoms with van der Waals surface area (Å²) in [6.45, 7) is 4.90. The first-order chi connectivity index (χ1) is 16.2. The molecule has 6 fully saturated rings. The van der Waals surface area contributed by atoms with Crippen molar-refractivity contribution >= 4 is 5.78 Å². The fourth-order valence-electron chi connectivity index (χ4n) is 12.1. The third kappa shape index (κ3) is 2.31. The number of hydrogen-bond donors (Lipinski definition) is 1. The summed E-state index contributed by atoms with van der Waals surface area (Å²) in [5.74, 6) is 1.85. The molecule has 3 heteroatoms. The Labute approximate surface area is 205 Å². The van der Waals surface area contributed by atoms with Crippen LogP contribution in [0.3, 0.4) is 0 Å². The Bertz CT molecular complexity index is 1020. The van der Waals surface area contributed by atoms with E-state index in [4.69, 9.17) is 4.74 Å². The molecule has 6 saturated carbocycles. The third-order valence-electron chi connectivity index (χ3n) is 13.3. The van der Waals surface area contributed by atoms with E-state index in [1.54, 1.807) is 7.11 Å². The molecule has 4 bridgehead atoms. The van der Waals surface area contributed by atoms with Crippen LogP contribution in [0.25, 0.3) is 0 Å². The molecule has 1 N–H and O–H groups in total. The Kier molecular flexibility index (Phi) is 4.39. The molecule has 0 aliphatic heterocycles. The SMILES string of the molecule is COC1CC(=O)C2C3C4CCC5(CCC6(CCC(Cc7ccccc7)C6)C5)C3(C)C(C)(C4)C12O. The van der Waals surface area contributed by atoms with Gasteiger partial charge in [-0.3, -0.25) is 4.79 Å². The smallest absolute Gasteiger partial charge is 0.141 e. The van der Waals surface area contributed by atoms with Crippen LogP contribution in [0.2, 0.25) is 0 Å². The van der Waals surface area contributed by atoms with Crippen molar-refractivity contribution in [2.45, 2.75) is 96.2 Å². The molecule has 2 spiro atoms. The minimum Gasteiger partial charge on any atom is -0.386 e. The van der Waals surface area contributed by atoms with Gasteiger partial charge in [-0.05, 0) is 104 Å². The third-order valence-corrected chi connectivity index (χ3v) is 13.3. The van der Waals surface area contributed by atoms with Crippen LogP contribution in [0, 0.1) is 45.3 Å². The van der Waals surface area contributed by atoms with Crippen molar-refractivity contribution in [1.82, 2.24) is 0 Å². The maximum atomic E-state index is 13.4. The highest BCUT2D eigenvalue weighted by Gasteiger charge is 2.87. The van der Waals surface area contributed by atoms with Crippen molar-refractivity contribution in [2.24, 2.45) is 45.3 Å². The lowest BCUT2D eigenvalue weighted by atomic mass is 9.47. The number of benzene rings is 1. The van der Waals surface area contributed by atoms with Gasteiger partial charge in [0, 0.05) is 18.9 Å². The van der Waals surface area contributed by atoms with Gasteiger partial charge in [0.15, 0.2) is 0 Å². The molecular formula is C31H42O3. The number of aliphatic hydroxyl groups is 1. The number of ether oxygens (including phenoxy) is 1. The fourth-order valence-corrected chi connectivity index (χ4v) is 12.1. The summed E-state index contributed by atoms with van der Waals surface area (Å²) < 4.78 is 5.85. The number of hydrogen-bond acceptors (Lipinski definition) is 3. The van der Waals surface area contributed by atoms with E-state index in [9.17, 15) is 9.90 Å². The van der Waals surface area contributed by atoms with Crippen LogP contribution in [0.15, 0.2) is 30.3 Å². The standard InChI is InChI=1S/C31H42O3/c1-27-18-22-10-12-30(28(27,2)25(22)26-23(32)16-24(34-3)31(26,27)33)14-13-29(19-30)11-9-21(17-29)15-20-7-5-4-6-8-20/h4-8,21-22,24-26,33H,9-19H2,1-3H3. The number of rotatable bonds is 3. The first-order valence-electron chi connectivity index (χ1n) is 14.0. The highest BCUT2D eigenvalue weighted by atomic mass is 16.5. The molecule has 34 heavy (non-hydrogen) atoms. The van der Waals surface area contributed by atoms with Gasteiger partial charge in [-0.1, -0.05) is 44.2 Å². The van der Waals surface area contributed by atoms with Crippen molar-refractivity contribution in [3.63, 3.8) is 0 Å². The Morgan fingerprint density at radius 3 is 2.59 bits per heavy atom. The van der Waals surface area contributed by atoms with Crippen molar-refractivity contribution < 1.29 is 14.6 Å². The zero-order chi connectivity index (χ0) is 23.6. The van der Waals surface area contributed by atoms with E-state index in [0.29, 0.717) is 23.7 Å². The predicted octanol–water partition coefficient (Wildman–Crippen LogP) is 5.98. The van der Waals surface area contributed by atoms with Crippen molar-refractivity contribution in [1.29, 1.82) is 0 Å². The van der Waals surface area contributed by atoms with Crippen LogP contribution in [-0.4, -0.2) is 29.7 Å². The molecule has 6 aliphatic carbocycles.